The monoisotopic (exact) mass is 343 g/mol. The summed E-state index contributed by atoms with van der Waals surface area (Å²) in [5, 5.41) is 0. The van der Waals surface area contributed by atoms with Crippen LogP contribution in [-0.2, 0) is 10.0 Å². The summed E-state index contributed by atoms with van der Waals surface area (Å²) >= 11 is 6.13. The third-order valence-electron chi connectivity index (χ3n) is 3.21. The van der Waals surface area contributed by atoms with Gasteiger partial charge in [-0.25, -0.2) is 0 Å². The Morgan fingerprint density at radius 1 is 1.48 bits per heavy atom. The minimum absolute atomic E-state index is 0.182. The molecule has 1 heterocycles. The Kier molecular flexibility index (Phi) is 5.03. The Bertz CT molecular complexity index is 704. The molecule has 21 heavy (non-hydrogen) atoms. The van der Waals surface area contributed by atoms with Crippen LogP contribution in [0.2, 0.25) is 0 Å². The average molecular weight is 343 g/mol. The second-order valence-corrected chi connectivity index (χ2v) is 8.18. The summed E-state index contributed by atoms with van der Waals surface area (Å²) in [5.74, 6) is 0.845. The van der Waals surface area contributed by atoms with Crippen molar-refractivity contribution in [1.29, 1.82) is 0 Å². The second kappa shape index (κ2) is 6.43. The standard InChI is InChI=1S/C13H17N3O2S3/c1-10-4-6-11(7-5-10)21(17,18)14-20-13(19)12-15(2)8-9-16(12)3/h4-7H,8-9H2,1-3H3. The molecule has 0 saturated carbocycles. The van der Waals surface area contributed by atoms with E-state index >= 15 is 0 Å². The number of benzene rings is 1. The zero-order valence-corrected chi connectivity index (χ0v) is 14.6. The van der Waals surface area contributed by atoms with E-state index in [-0.39, 0.29) is 4.90 Å². The van der Waals surface area contributed by atoms with Crippen molar-refractivity contribution in [3.05, 3.63) is 29.8 Å². The summed E-state index contributed by atoms with van der Waals surface area (Å²) in [7, 11) is 0.175. The molecular weight excluding hydrogens is 326 g/mol. The number of thiocarbonyl (C=S) groups is 1. The van der Waals surface area contributed by atoms with Crippen LogP contribution in [0, 0.1) is 6.92 Å². The fourth-order valence-corrected chi connectivity index (χ4v) is 4.46. The normalized spacial score (nSPS) is 17.8. The number of likely N-dealkylation sites (N-methyl/N-ethyl adjacent to an activating group) is 2. The Morgan fingerprint density at radius 2 is 2.10 bits per heavy atom. The molecule has 1 unspecified atom stereocenters. The Balaban J connectivity index is 2.20. The van der Waals surface area contributed by atoms with Crippen LogP contribution in [0.4, 0.5) is 0 Å². The highest BCUT2D eigenvalue weighted by atomic mass is 32.3. The van der Waals surface area contributed by atoms with Crippen LogP contribution in [0.3, 0.4) is 0 Å². The first-order valence-electron chi connectivity index (χ1n) is 6.36. The molecule has 0 fully saturated rings. The van der Waals surface area contributed by atoms with Gasteiger partial charge in [0.25, 0.3) is 5.84 Å². The zero-order valence-electron chi connectivity index (χ0n) is 12.1. The molecule has 0 saturated heterocycles. The van der Waals surface area contributed by atoms with Gasteiger partial charge in [-0.05, 0) is 19.1 Å². The maximum Gasteiger partial charge on any atom is 0.298 e. The van der Waals surface area contributed by atoms with Crippen molar-refractivity contribution in [3.8, 4) is 0 Å². The molecule has 0 spiro atoms. The van der Waals surface area contributed by atoms with Gasteiger partial charge < -0.3 is 4.55 Å². The van der Waals surface area contributed by atoms with Crippen LogP contribution < -0.4 is 0 Å². The van der Waals surface area contributed by atoms with Crippen molar-refractivity contribution >= 4 is 44.2 Å². The fraction of sp³-hybridized carbons (Fsp3) is 0.385. The van der Waals surface area contributed by atoms with Gasteiger partial charge in [0.1, 0.15) is 13.1 Å². The predicted molar refractivity (Wildman–Crippen MR) is 89.7 cm³/mol. The van der Waals surface area contributed by atoms with Crippen molar-refractivity contribution in [2.75, 3.05) is 27.2 Å². The van der Waals surface area contributed by atoms with Gasteiger partial charge >= 0.3 is 0 Å². The van der Waals surface area contributed by atoms with Crippen molar-refractivity contribution in [2.24, 2.45) is 3.77 Å². The van der Waals surface area contributed by atoms with Gasteiger partial charge in [0.15, 0.2) is 4.20 Å². The number of amidine groups is 1. The second-order valence-electron chi connectivity index (χ2n) is 4.91. The molecule has 0 amide bonds. The van der Waals surface area contributed by atoms with E-state index in [0.717, 1.165) is 36.4 Å². The van der Waals surface area contributed by atoms with Gasteiger partial charge in [-0.3, -0.25) is 13.7 Å². The number of nitrogens with zero attached hydrogens (tertiary/aromatic N) is 3. The molecule has 2 rings (SSSR count). The number of hydrogen-bond donors (Lipinski definition) is 0. The number of rotatable bonds is 3. The summed E-state index contributed by atoms with van der Waals surface area (Å²) < 4.78 is 30.5. The van der Waals surface area contributed by atoms with Crippen LogP contribution in [0.15, 0.2) is 32.9 Å². The number of aryl methyl sites for hydroxylation is 1. The Labute approximate surface area is 135 Å². The highest BCUT2D eigenvalue weighted by Gasteiger charge is 2.29. The first-order chi connectivity index (χ1) is 9.81. The predicted octanol–water partition coefficient (Wildman–Crippen LogP) is 1.91. The molecule has 0 radical (unpaired) electrons. The van der Waals surface area contributed by atoms with E-state index in [1.54, 1.807) is 24.3 Å². The molecule has 1 aliphatic rings. The van der Waals surface area contributed by atoms with Crippen molar-refractivity contribution in [2.45, 2.75) is 11.8 Å². The molecule has 5 nitrogen and oxygen atoms in total. The van der Waals surface area contributed by atoms with Crippen LogP contribution in [0.5, 0.6) is 0 Å². The topological polar surface area (TPSA) is 58.7 Å². The maximum absolute atomic E-state index is 12.1. The molecule has 1 atom stereocenters. The highest BCUT2D eigenvalue weighted by Crippen LogP contribution is 2.19. The van der Waals surface area contributed by atoms with Gasteiger partial charge in [0, 0.05) is 26.9 Å². The van der Waals surface area contributed by atoms with Gasteiger partial charge in [0.05, 0.1) is 14.1 Å². The maximum atomic E-state index is 12.1. The largest absolute Gasteiger partial charge is 0.760 e. The molecule has 0 aromatic heterocycles. The first-order valence-corrected chi connectivity index (χ1v) is 8.98. The summed E-state index contributed by atoms with van der Waals surface area (Å²) in [5.41, 5.74) is 1.00. The molecule has 0 aliphatic carbocycles. The fourth-order valence-electron chi connectivity index (χ4n) is 1.99. The van der Waals surface area contributed by atoms with Gasteiger partial charge in [-0.15, -0.1) is 0 Å². The molecule has 114 valence electrons. The lowest BCUT2D eigenvalue weighted by Crippen LogP contribution is -2.29. The Hall–Kier alpha value is -0.960. The van der Waals surface area contributed by atoms with Crippen LogP contribution in [-0.4, -0.2) is 55.5 Å². The summed E-state index contributed by atoms with van der Waals surface area (Å²) in [6, 6.07) is 6.61. The van der Waals surface area contributed by atoms with Crippen molar-refractivity contribution < 1.29 is 13.3 Å². The highest BCUT2D eigenvalue weighted by molar-refractivity contribution is 8.26. The molecule has 1 aromatic carbocycles. The van der Waals surface area contributed by atoms with E-state index in [4.69, 9.17) is 12.2 Å². The molecular formula is C13H17N3O2S3. The number of hydrogen-bond acceptors (Lipinski definition) is 6. The van der Waals surface area contributed by atoms with E-state index in [0.29, 0.717) is 4.20 Å². The van der Waals surface area contributed by atoms with Gasteiger partial charge in [-0.1, -0.05) is 29.9 Å². The van der Waals surface area contributed by atoms with Gasteiger partial charge in [-0.2, -0.15) is 3.77 Å². The van der Waals surface area contributed by atoms with Crippen LogP contribution >= 0.6 is 24.2 Å². The Morgan fingerprint density at radius 3 is 2.62 bits per heavy atom. The lowest BCUT2D eigenvalue weighted by molar-refractivity contribution is -0.484. The molecule has 0 N–H and O–H groups in total. The van der Waals surface area contributed by atoms with E-state index in [9.17, 15) is 8.76 Å². The lowest BCUT2D eigenvalue weighted by atomic mass is 10.2. The molecule has 1 aromatic rings. The van der Waals surface area contributed by atoms with Crippen LogP contribution in [0.25, 0.3) is 0 Å². The van der Waals surface area contributed by atoms with E-state index < -0.39 is 10.0 Å². The molecule has 1 aliphatic heterocycles. The van der Waals surface area contributed by atoms with Crippen molar-refractivity contribution in [1.82, 2.24) is 4.90 Å². The minimum Gasteiger partial charge on any atom is -0.760 e. The average Bonchev–Trinajstić information content (AvgIpc) is 2.76. The summed E-state index contributed by atoms with van der Waals surface area (Å²) in [4.78, 5) is 2.19. The quantitative estimate of drug-likeness (QED) is 0.477. The molecule has 8 heteroatoms. The lowest BCUT2D eigenvalue weighted by Gasteiger charge is -2.14. The van der Waals surface area contributed by atoms with Crippen molar-refractivity contribution in [3.63, 3.8) is 0 Å². The van der Waals surface area contributed by atoms with Crippen LogP contribution in [0.1, 0.15) is 5.56 Å². The van der Waals surface area contributed by atoms with E-state index in [1.165, 1.54) is 0 Å². The first kappa shape index (κ1) is 16.4. The van der Waals surface area contributed by atoms with E-state index in [2.05, 4.69) is 3.77 Å². The zero-order chi connectivity index (χ0) is 15.6. The van der Waals surface area contributed by atoms with E-state index in [1.807, 2.05) is 30.5 Å². The summed E-state index contributed by atoms with van der Waals surface area (Å²) in [6.45, 7) is 3.65. The SMILES string of the molecule is Cc1ccc(S(=O)([O-])=NSC(=S)C2=[N+](C)CCN2C)cc1. The molecule has 0 bridgehead atoms. The minimum atomic E-state index is -3.69. The van der Waals surface area contributed by atoms with Gasteiger partial charge in [0.2, 0.25) is 0 Å². The third kappa shape index (κ3) is 3.82. The smallest absolute Gasteiger partial charge is 0.298 e. The summed E-state index contributed by atoms with van der Waals surface area (Å²) in [6.07, 6.45) is 0. The third-order valence-corrected chi connectivity index (χ3v) is 5.92.